The second-order valence-electron chi connectivity index (χ2n) is 8.54. The number of hydrogen-bond donors (Lipinski definition) is 1. The highest BCUT2D eigenvalue weighted by Crippen LogP contribution is 2.24. The zero-order valence-electron chi connectivity index (χ0n) is 18.8. The molecule has 0 heterocycles. The molecule has 0 radical (unpaired) electrons. The van der Waals surface area contributed by atoms with Crippen molar-refractivity contribution in [1.82, 2.24) is 10.2 Å². The molecule has 3 rings (SSSR count). The fourth-order valence-corrected chi connectivity index (χ4v) is 4.52. The Morgan fingerprint density at radius 1 is 1.09 bits per heavy atom. The molecule has 0 bridgehead atoms. The van der Waals surface area contributed by atoms with E-state index in [9.17, 15) is 9.59 Å². The van der Waals surface area contributed by atoms with Crippen LogP contribution in [0, 0.1) is 13.8 Å². The number of aryl methyl sites for hydroxylation is 2. The van der Waals surface area contributed by atoms with Gasteiger partial charge in [-0.1, -0.05) is 48.2 Å². The van der Waals surface area contributed by atoms with Crippen molar-refractivity contribution in [1.29, 1.82) is 0 Å². The summed E-state index contributed by atoms with van der Waals surface area (Å²) in [4.78, 5) is 27.7. The van der Waals surface area contributed by atoms with E-state index in [1.807, 2.05) is 32.0 Å². The highest BCUT2D eigenvalue weighted by atomic mass is 35.5. The van der Waals surface area contributed by atoms with Crippen molar-refractivity contribution in [2.75, 3.05) is 6.61 Å². The van der Waals surface area contributed by atoms with Crippen molar-refractivity contribution < 1.29 is 14.3 Å². The predicted octanol–water partition coefficient (Wildman–Crippen LogP) is 5.47. The van der Waals surface area contributed by atoms with Crippen molar-refractivity contribution in [2.24, 2.45) is 0 Å². The highest BCUT2D eigenvalue weighted by Gasteiger charge is 2.29. The molecule has 1 N–H and O–H groups in total. The van der Waals surface area contributed by atoms with Crippen molar-refractivity contribution in [3.05, 3.63) is 63.1 Å². The number of rotatable bonds is 8. The van der Waals surface area contributed by atoms with Crippen molar-refractivity contribution >= 4 is 35.0 Å². The van der Waals surface area contributed by atoms with Crippen LogP contribution >= 0.6 is 23.2 Å². The molecule has 2 aromatic rings. The van der Waals surface area contributed by atoms with Crippen LogP contribution in [-0.4, -0.2) is 35.4 Å². The molecule has 2 aromatic carbocycles. The lowest BCUT2D eigenvalue weighted by Gasteiger charge is -2.30. The third-order valence-corrected chi connectivity index (χ3v) is 6.37. The zero-order valence-corrected chi connectivity index (χ0v) is 20.3. The van der Waals surface area contributed by atoms with Crippen LogP contribution < -0.4 is 10.1 Å². The average Bonchev–Trinajstić information content (AvgIpc) is 3.23. The number of carbonyl (C=O) groups excluding carboxylic acids is 2. The Hall–Kier alpha value is -2.24. The summed E-state index contributed by atoms with van der Waals surface area (Å²) in [5.41, 5.74) is 2.83. The van der Waals surface area contributed by atoms with Gasteiger partial charge in [0.05, 0.1) is 0 Å². The summed E-state index contributed by atoms with van der Waals surface area (Å²) in [7, 11) is 0. The van der Waals surface area contributed by atoms with E-state index in [1.54, 1.807) is 25.1 Å². The lowest BCUT2D eigenvalue weighted by molar-refractivity contribution is -0.142. The van der Waals surface area contributed by atoms with Crippen molar-refractivity contribution in [2.45, 2.75) is 65.1 Å². The van der Waals surface area contributed by atoms with Gasteiger partial charge in [-0.15, -0.1) is 0 Å². The maximum Gasteiger partial charge on any atom is 0.261 e. The molecule has 0 aliphatic heterocycles. The molecular formula is C25H30Cl2N2O3. The van der Waals surface area contributed by atoms with Crippen LogP contribution in [0.25, 0.3) is 0 Å². The van der Waals surface area contributed by atoms with Crippen LogP contribution in [0.5, 0.6) is 5.75 Å². The number of carbonyl (C=O) groups is 2. The van der Waals surface area contributed by atoms with Gasteiger partial charge in [0.2, 0.25) is 5.91 Å². The minimum absolute atomic E-state index is 0.165. The van der Waals surface area contributed by atoms with Gasteiger partial charge >= 0.3 is 0 Å². The Morgan fingerprint density at radius 3 is 2.38 bits per heavy atom. The maximum atomic E-state index is 13.2. The number of halogens is 2. The van der Waals surface area contributed by atoms with Crippen LogP contribution in [0.4, 0.5) is 0 Å². The highest BCUT2D eigenvalue weighted by molar-refractivity contribution is 6.35. The minimum Gasteiger partial charge on any atom is -0.484 e. The van der Waals surface area contributed by atoms with Gasteiger partial charge in [-0.05, 0) is 74.6 Å². The van der Waals surface area contributed by atoms with E-state index < -0.39 is 6.04 Å². The summed E-state index contributed by atoms with van der Waals surface area (Å²) in [5, 5.41) is 4.05. The van der Waals surface area contributed by atoms with Gasteiger partial charge < -0.3 is 15.0 Å². The smallest absolute Gasteiger partial charge is 0.261 e. The zero-order chi connectivity index (χ0) is 23.3. The second kappa shape index (κ2) is 11.1. The molecule has 7 heteroatoms. The Labute approximate surface area is 200 Å². The van der Waals surface area contributed by atoms with Gasteiger partial charge in [0.1, 0.15) is 11.8 Å². The number of nitrogens with one attached hydrogen (secondary N) is 1. The third-order valence-electron chi connectivity index (χ3n) is 5.78. The quantitative estimate of drug-likeness (QED) is 0.549. The van der Waals surface area contributed by atoms with E-state index in [4.69, 9.17) is 27.9 Å². The number of amides is 2. The van der Waals surface area contributed by atoms with Gasteiger partial charge in [-0.25, -0.2) is 0 Å². The van der Waals surface area contributed by atoms with Crippen LogP contribution in [0.3, 0.4) is 0 Å². The summed E-state index contributed by atoms with van der Waals surface area (Å²) in [5.74, 6) is 0.175. The molecule has 1 saturated carbocycles. The van der Waals surface area contributed by atoms with E-state index in [0.29, 0.717) is 15.8 Å². The molecule has 172 valence electrons. The lowest BCUT2D eigenvalue weighted by Crippen LogP contribution is -2.50. The van der Waals surface area contributed by atoms with E-state index in [0.717, 1.165) is 42.4 Å². The van der Waals surface area contributed by atoms with Crippen LogP contribution in [0.15, 0.2) is 36.4 Å². The van der Waals surface area contributed by atoms with Gasteiger partial charge in [0.25, 0.3) is 5.91 Å². The SMILES string of the molecule is Cc1cc(C)cc(OCC(=O)N(Cc2ccc(Cl)cc2Cl)C(C)C(=O)NC2CCCC2)c1. The Morgan fingerprint density at radius 2 is 1.75 bits per heavy atom. The second-order valence-corrected chi connectivity index (χ2v) is 9.38. The molecule has 2 amide bonds. The first-order valence-electron chi connectivity index (χ1n) is 11.0. The summed E-state index contributed by atoms with van der Waals surface area (Å²) >= 11 is 12.4. The maximum absolute atomic E-state index is 13.2. The molecule has 1 fully saturated rings. The van der Waals surface area contributed by atoms with Gasteiger partial charge in [-0.2, -0.15) is 0 Å². The summed E-state index contributed by atoms with van der Waals surface area (Å²) < 4.78 is 5.78. The average molecular weight is 477 g/mol. The minimum atomic E-state index is -0.669. The number of hydrogen-bond acceptors (Lipinski definition) is 3. The van der Waals surface area contributed by atoms with Crippen molar-refractivity contribution in [3.8, 4) is 5.75 Å². The van der Waals surface area contributed by atoms with Gasteiger partial charge in [-0.3, -0.25) is 9.59 Å². The fraction of sp³-hybridized carbons (Fsp3) is 0.440. The molecule has 0 spiro atoms. The normalized spacial score (nSPS) is 14.8. The van der Waals surface area contributed by atoms with E-state index in [-0.39, 0.29) is 31.0 Å². The monoisotopic (exact) mass is 476 g/mol. The van der Waals surface area contributed by atoms with Crippen LogP contribution in [-0.2, 0) is 16.1 Å². The van der Waals surface area contributed by atoms with E-state index in [1.165, 1.54) is 4.90 Å². The Bertz CT molecular complexity index is 953. The number of ether oxygens (including phenoxy) is 1. The molecule has 1 atom stereocenters. The third kappa shape index (κ3) is 6.63. The first-order chi connectivity index (χ1) is 15.2. The fourth-order valence-electron chi connectivity index (χ4n) is 4.05. The largest absolute Gasteiger partial charge is 0.484 e. The topological polar surface area (TPSA) is 58.6 Å². The molecule has 0 aromatic heterocycles. The van der Waals surface area contributed by atoms with Crippen LogP contribution in [0.1, 0.15) is 49.3 Å². The van der Waals surface area contributed by atoms with Gasteiger partial charge in [0.15, 0.2) is 6.61 Å². The summed E-state index contributed by atoms with van der Waals surface area (Å²) in [6, 6.07) is 10.5. The number of benzene rings is 2. The van der Waals surface area contributed by atoms with E-state index >= 15 is 0 Å². The van der Waals surface area contributed by atoms with Crippen LogP contribution in [0.2, 0.25) is 10.0 Å². The first kappa shape index (κ1) is 24.4. The molecular weight excluding hydrogens is 447 g/mol. The lowest BCUT2D eigenvalue weighted by atomic mass is 10.1. The molecule has 32 heavy (non-hydrogen) atoms. The van der Waals surface area contributed by atoms with E-state index in [2.05, 4.69) is 5.32 Å². The molecule has 5 nitrogen and oxygen atoms in total. The Kier molecular flexibility index (Phi) is 8.44. The molecule has 0 saturated heterocycles. The number of nitrogens with zero attached hydrogens (tertiary/aromatic N) is 1. The predicted molar refractivity (Wildman–Crippen MR) is 128 cm³/mol. The Balaban J connectivity index is 1.76. The molecule has 1 unspecified atom stereocenters. The standard InChI is InChI=1S/C25H30Cl2N2O3/c1-16-10-17(2)12-22(11-16)32-15-24(30)29(14-19-8-9-20(26)13-23(19)27)18(3)25(31)28-21-6-4-5-7-21/h8-13,18,21H,4-7,14-15H2,1-3H3,(H,28,31). The summed E-state index contributed by atoms with van der Waals surface area (Å²) in [6.07, 6.45) is 4.19. The summed E-state index contributed by atoms with van der Waals surface area (Å²) in [6.45, 7) is 5.71. The molecule has 1 aliphatic carbocycles. The first-order valence-corrected chi connectivity index (χ1v) is 11.7. The van der Waals surface area contributed by atoms with Crippen molar-refractivity contribution in [3.63, 3.8) is 0 Å². The van der Waals surface area contributed by atoms with Gasteiger partial charge in [0, 0.05) is 22.6 Å². The molecule has 1 aliphatic rings.